The summed E-state index contributed by atoms with van der Waals surface area (Å²) in [5.41, 5.74) is 8.35. The summed E-state index contributed by atoms with van der Waals surface area (Å²) in [6, 6.07) is 13.0. The molecule has 2 saturated carbocycles. The van der Waals surface area contributed by atoms with Gasteiger partial charge in [0.1, 0.15) is 0 Å². The van der Waals surface area contributed by atoms with Crippen molar-refractivity contribution in [2.45, 2.75) is 126 Å². The molecule has 1 aromatic heterocycles. The molecule has 1 aromatic carbocycles. The van der Waals surface area contributed by atoms with Crippen molar-refractivity contribution in [2.75, 3.05) is 13.1 Å². The third-order valence-corrected chi connectivity index (χ3v) is 9.92. The van der Waals surface area contributed by atoms with Gasteiger partial charge >= 0.3 is 33.3 Å². The largest absolute Gasteiger partial charge is 0.662 e. The Labute approximate surface area is 261 Å². The normalized spacial score (nSPS) is 31.8. The Morgan fingerprint density at radius 1 is 0.610 bits per heavy atom. The smallest absolute Gasteiger partial charge is 0.0270 e. The summed E-state index contributed by atoms with van der Waals surface area (Å²) in [6.45, 7) is 1.71. The van der Waals surface area contributed by atoms with Gasteiger partial charge in [-0.1, -0.05) is 119 Å². The SMILES string of the molecule is [Cl][Mn][Cl].c1ccc(-c2c3c4nc5c2CCCC5[N-]C2CCCC[C@H]2[N-]CC[N-]C2CCCCC2[N-]C4CCC3)cc1. The van der Waals surface area contributed by atoms with E-state index in [2.05, 4.69) is 30.3 Å². The quantitative estimate of drug-likeness (QED) is 0.288. The topological polar surface area (TPSA) is 69.3 Å². The molecular formula is C33H43Cl2MnN5-4. The first-order valence-corrected chi connectivity index (χ1v) is 19.2. The van der Waals surface area contributed by atoms with Crippen LogP contribution in [0.4, 0.5) is 0 Å². The molecule has 0 N–H and O–H groups in total. The fraction of sp³-hybridized carbons (Fsp3) is 0.667. The van der Waals surface area contributed by atoms with Crippen LogP contribution in [-0.4, -0.2) is 42.2 Å². The molecule has 2 heterocycles. The number of pyridine rings is 1. The molecule has 225 valence electrons. The summed E-state index contributed by atoms with van der Waals surface area (Å²) in [4.78, 5) is 5.60. The summed E-state index contributed by atoms with van der Waals surface area (Å²) in [5, 5.41) is 21.6. The van der Waals surface area contributed by atoms with E-state index in [-0.39, 0.29) is 25.2 Å². The standard InChI is InChI=1S/C33H43N5.2ClH.Mn/c1-2-10-22(11-3-1)31-23-12-8-18-29-32(23)38-33-24(31)13-9-19-30(33)37-28-17-7-5-15-26(28)35-21-20-34-25-14-4-6-16-27(25)36-29;;;/h1-3,10-11,25-30H,4-9,12-21H2;2*1H;/q-4;;;+2/p-2/t25-,26?,27?,28?,29?,30?;;;/m1.../s1. The molecule has 5 nitrogen and oxygen atoms in total. The van der Waals surface area contributed by atoms with E-state index in [9.17, 15) is 0 Å². The van der Waals surface area contributed by atoms with E-state index in [0.717, 1.165) is 38.8 Å². The van der Waals surface area contributed by atoms with Crippen molar-refractivity contribution in [3.63, 3.8) is 0 Å². The van der Waals surface area contributed by atoms with Crippen LogP contribution in [0.25, 0.3) is 32.4 Å². The molecule has 1 aliphatic heterocycles. The minimum atomic E-state index is 0.00694. The van der Waals surface area contributed by atoms with Gasteiger partial charge in [-0.2, -0.15) is 37.3 Å². The number of benzene rings is 1. The van der Waals surface area contributed by atoms with Gasteiger partial charge in [0, 0.05) is 11.4 Å². The van der Waals surface area contributed by atoms with Crippen LogP contribution in [0.15, 0.2) is 30.3 Å². The van der Waals surface area contributed by atoms with Crippen LogP contribution in [0.3, 0.4) is 0 Å². The van der Waals surface area contributed by atoms with Crippen molar-refractivity contribution in [3.8, 4) is 11.1 Å². The second kappa shape index (κ2) is 14.9. The van der Waals surface area contributed by atoms with E-state index in [1.165, 1.54) is 97.8 Å². The van der Waals surface area contributed by atoms with Gasteiger partial charge in [-0.15, -0.1) is 0 Å². The number of hydrogen-bond donors (Lipinski definition) is 0. The van der Waals surface area contributed by atoms with E-state index in [0.29, 0.717) is 24.2 Å². The Balaban J connectivity index is 0.000000967. The van der Waals surface area contributed by atoms with E-state index in [1.807, 2.05) is 0 Å². The predicted molar refractivity (Wildman–Crippen MR) is 168 cm³/mol. The van der Waals surface area contributed by atoms with E-state index in [1.54, 1.807) is 0 Å². The molecule has 2 fully saturated rings. The molecule has 2 aromatic rings. The molecule has 4 aliphatic carbocycles. The second-order valence-electron chi connectivity index (χ2n) is 12.4. The zero-order valence-corrected chi connectivity index (χ0v) is 26.7. The maximum absolute atomic E-state index is 5.60. The Hall–Kier alpha value is -0.691. The van der Waals surface area contributed by atoms with E-state index >= 15 is 0 Å². The number of halogens is 2. The maximum Gasteiger partial charge on any atom is 0.0270 e. The molecule has 41 heavy (non-hydrogen) atoms. The molecule has 0 saturated heterocycles. The molecule has 5 aliphatic rings. The predicted octanol–water partition coefficient (Wildman–Crippen LogP) is 10.0. The van der Waals surface area contributed by atoms with Crippen molar-refractivity contribution in [3.05, 3.63) is 74.1 Å². The average molecular weight is 636 g/mol. The summed E-state index contributed by atoms with van der Waals surface area (Å²) in [6.07, 6.45) is 16.7. The molecule has 0 amide bonds. The summed E-state index contributed by atoms with van der Waals surface area (Å²) < 4.78 is 0. The van der Waals surface area contributed by atoms with Crippen molar-refractivity contribution >= 4 is 20.2 Å². The minimum Gasteiger partial charge on any atom is -0.662 e. The van der Waals surface area contributed by atoms with E-state index in [4.69, 9.17) is 46.4 Å². The van der Waals surface area contributed by atoms with Gasteiger partial charge in [0.05, 0.1) is 0 Å². The molecule has 0 radical (unpaired) electrons. The average Bonchev–Trinajstić information content (AvgIpc) is 3.01. The fourth-order valence-corrected chi connectivity index (χ4v) is 8.09. The zero-order valence-electron chi connectivity index (χ0n) is 24.0. The molecule has 8 heteroatoms. The molecule has 6 atom stereocenters. The first-order chi connectivity index (χ1) is 20.3. The third kappa shape index (κ3) is 7.02. The number of rotatable bonds is 1. The van der Waals surface area contributed by atoms with E-state index < -0.39 is 0 Å². The fourth-order valence-electron chi connectivity index (χ4n) is 8.09. The van der Waals surface area contributed by atoms with Crippen LogP contribution in [0.2, 0.25) is 0 Å². The Morgan fingerprint density at radius 3 is 1.56 bits per heavy atom. The zero-order chi connectivity index (χ0) is 28.0. The maximum atomic E-state index is 5.60. The molecule has 2 bridgehead atoms. The number of hydrogen-bond acceptors (Lipinski definition) is 1. The summed E-state index contributed by atoms with van der Waals surface area (Å²) in [7, 11) is 9.59. The van der Waals surface area contributed by atoms with Gasteiger partial charge in [0.15, 0.2) is 0 Å². The van der Waals surface area contributed by atoms with Crippen LogP contribution in [0.5, 0.6) is 0 Å². The summed E-state index contributed by atoms with van der Waals surface area (Å²) >= 11 is 0.00694. The first-order valence-electron chi connectivity index (χ1n) is 16.0. The van der Waals surface area contributed by atoms with Gasteiger partial charge in [0.25, 0.3) is 0 Å². The van der Waals surface area contributed by atoms with Gasteiger partial charge in [-0.25, -0.2) is 0 Å². The van der Waals surface area contributed by atoms with Gasteiger partial charge in [0.2, 0.25) is 0 Å². The molecule has 7 rings (SSSR count). The van der Waals surface area contributed by atoms with Crippen LogP contribution >= 0.6 is 20.2 Å². The molecule has 0 spiro atoms. The number of aromatic nitrogens is 1. The minimum absolute atomic E-state index is 0.00694. The summed E-state index contributed by atoms with van der Waals surface area (Å²) in [5.74, 6) is 0. The van der Waals surface area contributed by atoms with Crippen LogP contribution in [-0.2, 0) is 26.0 Å². The Morgan fingerprint density at radius 2 is 1.07 bits per heavy atom. The first kappa shape index (κ1) is 30.3. The van der Waals surface area contributed by atoms with Gasteiger partial charge in [-0.3, -0.25) is 4.98 Å². The number of fused-ring (bicyclic) bond motifs is 2. The molecule has 5 unspecified atom stereocenters. The van der Waals surface area contributed by atoms with Gasteiger partial charge in [-0.05, 0) is 35.1 Å². The van der Waals surface area contributed by atoms with Crippen molar-refractivity contribution in [1.82, 2.24) is 4.98 Å². The number of nitrogens with zero attached hydrogens (tertiary/aromatic N) is 5. The second-order valence-corrected chi connectivity index (χ2v) is 14.3. The van der Waals surface area contributed by atoms with Crippen molar-refractivity contribution in [2.24, 2.45) is 0 Å². The van der Waals surface area contributed by atoms with Crippen LogP contribution < -0.4 is 0 Å². The van der Waals surface area contributed by atoms with Crippen molar-refractivity contribution in [1.29, 1.82) is 0 Å². The Bertz CT molecular complexity index is 1070. The van der Waals surface area contributed by atoms with Crippen LogP contribution in [0, 0.1) is 0 Å². The molecular weight excluding hydrogens is 592 g/mol. The Kier molecular flexibility index (Phi) is 11.0. The third-order valence-electron chi connectivity index (χ3n) is 9.92. The monoisotopic (exact) mass is 634 g/mol. The van der Waals surface area contributed by atoms with Crippen LogP contribution in [0.1, 0.15) is 112 Å². The van der Waals surface area contributed by atoms with Crippen molar-refractivity contribution < 1.29 is 13.1 Å². The van der Waals surface area contributed by atoms with Gasteiger partial charge < -0.3 is 21.3 Å².